The van der Waals surface area contributed by atoms with Gasteiger partial charge in [0, 0.05) is 44.5 Å². The van der Waals surface area contributed by atoms with E-state index < -0.39 is 0 Å². The minimum Gasteiger partial charge on any atom is -0.352 e. The zero-order chi connectivity index (χ0) is 26.1. The van der Waals surface area contributed by atoms with Gasteiger partial charge < -0.3 is 10.3 Å². The number of rotatable bonds is 6. The van der Waals surface area contributed by atoms with E-state index in [1.54, 1.807) is 11.3 Å². The lowest BCUT2D eigenvalue weighted by molar-refractivity contribution is 0.372. The SMILES string of the molecule is C=C(/C=c1/c(-c2cc3c(-c4ccc(C)s4)cncc3[nH]2)n[nH]/c1=C/C)c1cncc(CC2CCNCC2)c1. The molecule has 6 rings (SSSR count). The summed E-state index contributed by atoms with van der Waals surface area (Å²) >= 11 is 1.78. The first-order valence-electron chi connectivity index (χ1n) is 13.2. The molecule has 0 atom stereocenters. The molecule has 1 saturated heterocycles. The third kappa shape index (κ3) is 4.87. The number of aromatic amines is 2. The number of thiophene rings is 1. The second kappa shape index (κ2) is 10.5. The number of nitrogens with one attached hydrogen (secondary N) is 3. The molecule has 0 aromatic carbocycles. The quantitative estimate of drug-likeness (QED) is 0.287. The lowest BCUT2D eigenvalue weighted by atomic mass is 9.91. The van der Waals surface area contributed by atoms with Crippen molar-refractivity contribution < 1.29 is 0 Å². The number of fused-ring (bicyclic) bond motifs is 1. The highest BCUT2D eigenvalue weighted by atomic mass is 32.1. The lowest BCUT2D eigenvalue weighted by Crippen LogP contribution is -2.28. The number of hydrogen-bond donors (Lipinski definition) is 3. The van der Waals surface area contributed by atoms with Crippen LogP contribution in [0, 0.1) is 12.8 Å². The standard InChI is InChI=1S/C31H32N6S/c1-4-27-25(11-19(2)23-13-22(15-33-16-23)12-21-7-9-32-10-8-21)31(37-36-27)28-14-24-26(17-34-18-29(24)35-28)30-6-5-20(3)38-30/h4-6,11,13-18,21,32,35-36H,2,7-10,12H2,1,3H3/b25-11+,27-4+. The van der Waals surface area contributed by atoms with E-state index in [2.05, 4.69) is 69.2 Å². The van der Waals surface area contributed by atoms with Crippen molar-refractivity contribution in [3.63, 3.8) is 0 Å². The van der Waals surface area contributed by atoms with Crippen LogP contribution in [0.3, 0.4) is 0 Å². The van der Waals surface area contributed by atoms with Gasteiger partial charge in [0.1, 0.15) is 5.69 Å². The van der Waals surface area contributed by atoms with Crippen molar-refractivity contribution in [2.24, 2.45) is 5.92 Å². The van der Waals surface area contributed by atoms with Crippen LogP contribution in [0.2, 0.25) is 0 Å². The van der Waals surface area contributed by atoms with E-state index in [1.165, 1.54) is 28.2 Å². The average Bonchev–Trinajstić information content (AvgIpc) is 3.67. The van der Waals surface area contributed by atoms with Gasteiger partial charge in [0.25, 0.3) is 0 Å². The number of aryl methyl sites for hydroxylation is 1. The zero-order valence-corrected chi connectivity index (χ0v) is 22.7. The van der Waals surface area contributed by atoms with Crippen LogP contribution in [0.15, 0.2) is 55.6 Å². The maximum absolute atomic E-state index is 4.70. The Kier molecular flexibility index (Phi) is 6.79. The van der Waals surface area contributed by atoms with Gasteiger partial charge in [-0.1, -0.05) is 12.7 Å². The zero-order valence-electron chi connectivity index (χ0n) is 21.8. The van der Waals surface area contributed by atoms with Crippen molar-refractivity contribution >= 4 is 40.0 Å². The summed E-state index contributed by atoms with van der Waals surface area (Å²) in [4.78, 5) is 15.1. The van der Waals surface area contributed by atoms with Crippen LogP contribution in [0.4, 0.5) is 0 Å². The Labute approximate surface area is 226 Å². The van der Waals surface area contributed by atoms with Crippen molar-refractivity contribution in [1.29, 1.82) is 0 Å². The number of aromatic nitrogens is 5. The molecule has 0 saturated carbocycles. The van der Waals surface area contributed by atoms with Crippen LogP contribution < -0.4 is 15.9 Å². The molecule has 0 bridgehead atoms. The third-order valence-corrected chi connectivity index (χ3v) is 8.43. The fraction of sp³-hybridized carbons (Fsp3) is 0.258. The highest BCUT2D eigenvalue weighted by Crippen LogP contribution is 2.34. The molecular formula is C31H32N6S. The molecule has 1 aliphatic heterocycles. The number of pyridine rings is 2. The van der Waals surface area contributed by atoms with Gasteiger partial charge in [0.05, 0.1) is 22.8 Å². The van der Waals surface area contributed by atoms with Crippen LogP contribution in [-0.4, -0.2) is 38.2 Å². The first-order valence-corrected chi connectivity index (χ1v) is 14.0. The molecule has 0 radical (unpaired) electrons. The summed E-state index contributed by atoms with van der Waals surface area (Å²) < 4.78 is 0. The third-order valence-electron chi connectivity index (χ3n) is 7.40. The molecule has 0 aliphatic carbocycles. The van der Waals surface area contributed by atoms with Crippen molar-refractivity contribution in [3.8, 4) is 21.8 Å². The Morgan fingerprint density at radius 1 is 1.11 bits per heavy atom. The second-order valence-corrected chi connectivity index (χ2v) is 11.4. The van der Waals surface area contributed by atoms with Crippen molar-refractivity contribution in [1.82, 2.24) is 30.5 Å². The molecule has 6 heterocycles. The van der Waals surface area contributed by atoms with E-state index in [0.29, 0.717) is 5.92 Å². The largest absolute Gasteiger partial charge is 0.352 e. The van der Waals surface area contributed by atoms with Gasteiger partial charge in [-0.2, -0.15) is 5.10 Å². The number of H-pyrrole nitrogens is 2. The highest BCUT2D eigenvalue weighted by molar-refractivity contribution is 7.15. The molecule has 7 heteroatoms. The summed E-state index contributed by atoms with van der Waals surface area (Å²) in [7, 11) is 0. The molecule has 3 N–H and O–H groups in total. The smallest absolute Gasteiger partial charge is 0.116 e. The Morgan fingerprint density at radius 2 is 1.95 bits per heavy atom. The molecular weight excluding hydrogens is 488 g/mol. The molecule has 0 unspecified atom stereocenters. The average molecular weight is 521 g/mol. The summed E-state index contributed by atoms with van der Waals surface area (Å²) in [6.45, 7) is 10.8. The molecule has 38 heavy (non-hydrogen) atoms. The van der Waals surface area contributed by atoms with Crippen LogP contribution in [0.25, 0.3) is 50.5 Å². The Bertz CT molecular complexity index is 1730. The summed E-state index contributed by atoms with van der Waals surface area (Å²) in [6, 6.07) is 8.74. The number of nitrogens with zero attached hydrogens (tertiary/aromatic N) is 3. The highest BCUT2D eigenvalue weighted by Gasteiger charge is 2.15. The minimum atomic E-state index is 0.715. The molecule has 1 fully saturated rings. The topological polar surface area (TPSA) is 82.3 Å². The Hall–Kier alpha value is -3.81. The summed E-state index contributed by atoms with van der Waals surface area (Å²) in [5, 5.41) is 14.5. The van der Waals surface area contributed by atoms with Gasteiger partial charge in [-0.15, -0.1) is 11.3 Å². The molecule has 1 aliphatic rings. The summed E-state index contributed by atoms with van der Waals surface area (Å²) in [5.74, 6) is 0.715. The lowest BCUT2D eigenvalue weighted by Gasteiger charge is -2.22. The number of piperidine rings is 1. The maximum atomic E-state index is 4.70. The van der Waals surface area contributed by atoms with Gasteiger partial charge >= 0.3 is 0 Å². The van der Waals surface area contributed by atoms with E-state index in [4.69, 9.17) is 5.10 Å². The van der Waals surface area contributed by atoms with Crippen LogP contribution in [0.5, 0.6) is 0 Å². The second-order valence-electron chi connectivity index (χ2n) is 10.1. The fourth-order valence-corrected chi connectivity index (χ4v) is 6.23. The first kappa shape index (κ1) is 24.5. The molecule has 192 valence electrons. The molecule has 5 aromatic heterocycles. The van der Waals surface area contributed by atoms with E-state index in [0.717, 1.165) is 69.1 Å². The van der Waals surface area contributed by atoms with E-state index in [-0.39, 0.29) is 0 Å². The van der Waals surface area contributed by atoms with Gasteiger partial charge in [-0.3, -0.25) is 15.1 Å². The summed E-state index contributed by atoms with van der Waals surface area (Å²) in [5.41, 5.74) is 7.18. The van der Waals surface area contributed by atoms with Gasteiger partial charge in [-0.05, 0) is 99.2 Å². The minimum absolute atomic E-state index is 0.715. The fourth-order valence-electron chi connectivity index (χ4n) is 5.34. The molecule has 0 spiro atoms. The van der Waals surface area contributed by atoms with Crippen molar-refractivity contribution in [2.45, 2.75) is 33.1 Å². The van der Waals surface area contributed by atoms with E-state index in [9.17, 15) is 0 Å². The normalized spacial score (nSPS) is 15.5. The predicted molar refractivity (Wildman–Crippen MR) is 158 cm³/mol. The van der Waals surface area contributed by atoms with Crippen molar-refractivity contribution in [3.05, 3.63) is 82.2 Å². The van der Waals surface area contributed by atoms with Crippen LogP contribution in [-0.2, 0) is 6.42 Å². The van der Waals surface area contributed by atoms with E-state index >= 15 is 0 Å². The van der Waals surface area contributed by atoms with Crippen LogP contribution >= 0.6 is 11.3 Å². The Morgan fingerprint density at radius 3 is 2.74 bits per heavy atom. The van der Waals surface area contributed by atoms with Crippen LogP contribution in [0.1, 0.15) is 35.8 Å². The Balaban J connectivity index is 1.37. The number of hydrogen-bond acceptors (Lipinski definition) is 5. The first-order chi connectivity index (χ1) is 18.6. The molecule has 6 nitrogen and oxygen atoms in total. The van der Waals surface area contributed by atoms with Crippen molar-refractivity contribution in [2.75, 3.05) is 13.1 Å². The predicted octanol–water partition coefficient (Wildman–Crippen LogP) is 5.22. The maximum Gasteiger partial charge on any atom is 0.116 e. The van der Waals surface area contributed by atoms with Gasteiger partial charge in [0.15, 0.2) is 0 Å². The molecule has 5 aromatic rings. The van der Waals surface area contributed by atoms with E-state index in [1.807, 2.05) is 37.8 Å². The monoisotopic (exact) mass is 520 g/mol. The van der Waals surface area contributed by atoms with Gasteiger partial charge in [0.2, 0.25) is 0 Å². The number of allylic oxidation sites excluding steroid dienone is 1. The summed E-state index contributed by atoms with van der Waals surface area (Å²) in [6.07, 6.45) is 15.4. The van der Waals surface area contributed by atoms with Gasteiger partial charge in [-0.25, -0.2) is 0 Å². The molecule has 0 amide bonds.